The molecule has 0 aliphatic carbocycles. The molecule has 2 aromatic rings. The van der Waals surface area contributed by atoms with E-state index >= 15 is 0 Å². The first-order valence-electron chi connectivity index (χ1n) is 4.66. The standard InChI is InChI=1S/C10H13N3/c1-2-3-6-13-8-12-9-7-11-5-4-10(9)13/h4-5,7-8H,2-3,6H2,1H3. The predicted octanol–water partition coefficient (Wildman–Crippen LogP) is 2.23. The van der Waals surface area contributed by atoms with Crippen molar-refractivity contribution in [2.75, 3.05) is 0 Å². The lowest BCUT2D eigenvalue weighted by molar-refractivity contribution is 0.645. The second kappa shape index (κ2) is 3.56. The van der Waals surface area contributed by atoms with Gasteiger partial charge in [0.25, 0.3) is 0 Å². The molecule has 0 saturated heterocycles. The lowest BCUT2D eigenvalue weighted by Gasteiger charge is -2.00. The molecule has 0 aromatic carbocycles. The maximum absolute atomic E-state index is 4.27. The second-order valence-corrected chi connectivity index (χ2v) is 3.16. The van der Waals surface area contributed by atoms with E-state index in [0.29, 0.717) is 0 Å². The van der Waals surface area contributed by atoms with Crippen molar-refractivity contribution in [2.45, 2.75) is 26.3 Å². The largest absolute Gasteiger partial charge is 0.331 e. The van der Waals surface area contributed by atoms with E-state index in [-0.39, 0.29) is 0 Å². The molecular weight excluding hydrogens is 162 g/mol. The Balaban J connectivity index is 2.35. The molecule has 13 heavy (non-hydrogen) atoms. The van der Waals surface area contributed by atoms with Gasteiger partial charge in [0.15, 0.2) is 0 Å². The summed E-state index contributed by atoms with van der Waals surface area (Å²) in [7, 11) is 0. The van der Waals surface area contributed by atoms with Crippen LogP contribution in [0, 0.1) is 0 Å². The third-order valence-corrected chi connectivity index (χ3v) is 2.18. The Morgan fingerprint density at radius 2 is 2.38 bits per heavy atom. The molecule has 0 N–H and O–H groups in total. The molecule has 0 bridgehead atoms. The van der Waals surface area contributed by atoms with Gasteiger partial charge in [-0.25, -0.2) is 4.98 Å². The third kappa shape index (κ3) is 1.54. The Labute approximate surface area is 77.4 Å². The fourth-order valence-corrected chi connectivity index (χ4v) is 1.42. The van der Waals surface area contributed by atoms with Crippen molar-refractivity contribution in [1.29, 1.82) is 0 Å². The maximum atomic E-state index is 4.27. The highest BCUT2D eigenvalue weighted by atomic mass is 15.0. The molecule has 3 heteroatoms. The van der Waals surface area contributed by atoms with Gasteiger partial charge in [0.05, 0.1) is 18.0 Å². The van der Waals surface area contributed by atoms with E-state index in [1.54, 1.807) is 6.20 Å². The van der Waals surface area contributed by atoms with Crippen LogP contribution < -0.4 is 0 Å². The fourth-order valence-electron chi connectivity index (χ4n) is 1.42. The number of pyridine rings is 1. The number of unbranched alkanes of at least 4 members (excludes halogenated alkanes) is 1. The molecule has 0 saturated carbocycles. The molecule has 2 heterocycles. The Morgan fingerprint density at radius 1 is 1.46 bits per heavy atom. The topological polar surface area (TPSA) is 30.7 Å². The fraction of sp³-hybridized carbons (Fsp3) is 0.400. The lowest BCUT2D eigenvalue weighted by atomic mass is 10.3. The van der Waals surface area contributed by atoms with E-state index in [0.717, 1.165) is 12.1 Å². The molecule has 0 radical (unpaired) electrons. The number of nitrogens with zero attached hydrogens (tertiary/aromatic N) is 3. The zero-order chi connectivity index (χ0) is 9.10. The van der Waals surface area contributed by atoms with Gasteiger partial charge >= 0.3 is 0 Å². The Bertz CT molecular complexity index is 392. The van der Waals surface area contributed by atoms with Crippen LogP contribution in [-0.2, 0) is 6.54 Å². The van der Waals surface area contributed by atoms with Crippen LogP contribution in [0.15, 0.2) is 24.8 Å². The first-order chi connectivity index (χ1) is 6.42. The Kier molecular flexibility index (Phi) is 2.25. The molecule has 0 unspecified atom stereocenters. The molecule has 2 aromatic heterocycles. The van der Waals surface area contributed by atoms with Crippen molar-refractivity contribution in [1.82, 2.24) is 14.5 Å². The summed E-state index contributed by atoms with van der Waals surface area (Å²) in [6.07, 6.45) is 7.92. The van der Waals surface area contributed by atoms with Crippen LogP contribution in [0.25, 0.3) is 11.0 Å². The first kappa shape index (κ1) is 8.23. The van der Waals surface area contributed by atoms with Crippen LogP contribution in [0.1, 0.15) is 19.8 Å². The van der Waals surface area contributed by atoms with Gasteiger partial charge in [-0.3, -0.25) is 4.98 Å². The number of aryl methyl sites for hydroxylation is 1. The van der Waals surface area contributed by atoms with Gasteiger partial charge < -0.3 is 4.57 Å². The van der Waals surface area contributed by atoms with E-state index in [1.807, 2.05) is 18.6 Å². The average molecular weight is 175 g/mol. The van der Waals surface area contributed by atoms with Crippen LogP contribution in [-0.4, -0.2) is 14.5 Å². The highest BCUT2D eigenvalue weighted by molar-refractivity contribution is 5.73. The highest BCUT2D eigenvalue weighted by Crippen LogP contribution is 2.10. The van der Waals surface area contributed by atoms with Crippen molar-refractivity contribution >= 4 is 11.0 Å². The van der Waals surface area contributed by atoms with Gasteiger partial charge in [0, 0.05) is 12.7 Å². The molecular formula is C10H13N3. The number of hydrogen-bond acceptors (Lipinski definition) is 2. The number of rotatable bonds is 3. The summed E-state index contributed by atoms with van der Waals surface area (Å²) in [5.74, 6) is 0. The number of imidazole rings is 1. The minimum absolute atomic E-state index is 0.985. The van der Waals surface area contributed by atoms with Crippen LogP contribution in [0.2, 0.25) is 0 Å². The van der Waals surface area contributed by atoms with Gasteiger partial charge in [-0.15, -0.1) is 0 Å². The smallest absolute Gasteiger partial charge is 0.107 e. The highest BCUT2D eigenvalue weighted by Gasteiger charge is 1.99. The normalized spacial score (nSPS) is 10.8. The quantitative estimate of drug-likeness (QED) is 0.716. The monoisotopic (exact) mass is 175 g/mol. The molecule has 0 aliphatic rings. The SMILES string of the molecule is CCCCn1cnc2cnccc21. The summed E-state index contributed by atoms with van der Waals surface area (Å²) in [6.45, 7) is 3.25. The minimum Gasteiger partial charge on any atom is -0.331 e. The van der Waals surface area contributed by atoms with E-state index in [1.165, 1.54) is 18.4 Å². The molecule has 0 fully saturated rings. The van der Waals surface area contributed by atoms with Crippen LogP contribution in [0.5, 0.6) is 0 Å². The van der Waals surface area contributed by atoms with Crippen molar-refractivity contribution in [2.24, 2.45) is 0 Å². The van der Waals surface area contributed by atoms with E-state index in [2.05, 4.69) is 21.5 Å². The Morgan fingerprint density at radius 3 is 3.23 bits per heavy atom. The summed E-state index contributed by atoms with van der Waals surface area (Å²) in [5, 5.41) is 0. The number of fused-ring (bicyclic) bond motifs is 1. The van der Waals surface area contributed by atoms with Gasteiger partial charge in [0.1, 0.15) is 5.52 Å². The molecule has 0 amide bonds. The molecule has 68 valence electrons. The van der Waals surface area contributed by atoms with Crippen molar-refractivity contribution < 1.29 is 0 Å². The lowest BCUT2D eigenvalue weighted by Crippen LogP contribution is -1.94. The van der Waals surface area contributed by atoms with E-state index in [9.17, 15) is 0 Å². The van der Waals surface area contributed by atoms with Crippen LogP contribution in [0.3, 0.4) is 0 Å². The molecule has 0 spiro atoms. The summed E-state index contributed by atoms with van der Waals surface area (Å²) < 4.78 is 2.18. The van der Waals surface area contributed by atoms with Gasteiger partial charge in [-0.05, 0) is 12.5 Å². The Hall–Kier alpha value is -1.38. The maximum Gasteiger partial charge on any atom is 0.107 e. The number of hydrogen-bond donors (Lipinski definition) is 0. The third-order valence-electron chi connectivity index (χ3n) is 2.18. The van der Waals surface area contributed by atoms with Crippen LogP contribution in [0.4, 0.5) is 0 Å². The minimum atomic E-state index is 0.985. The molecule has 0 aliphatic heterocycles. The predicted molar refractivity (Wildman–Crippen MR) is 52.4 cm³/mol. The van der Waals surface area contributed by atoms with Gasteiger partial charge in [0.2, 0.25) is 0 Å². The average Bonchev–Trinajstić information content (AvgIpc) is 2.58. The van der Waals surface area contributed by atoms with Crippen molar-refractivity contribution in [3.05, 3.63) is 24.8 Å². The summed E-state index contributed by atoms with van der Waals surface area (Å²) in [4.78, 5) is 8.30. The summed E-state index contributed by atoms with van der Waals surface area (Å²) in [6, 6.07) is 2.01. The first-order valence-corrected chi connectivity index (χ1v) is 4.66. The van der Waals surface area contributed by atoms with Crippen molar-refractivity contribution in [3.8, 4) is 0 Å². The number of aromatic nitrogens is 3. The molecule has 0 atom stereocenters. The van der Waals surface area contributed by atoms with E-state index < -0.39 is 0 Å². The van der Waals surface area contributed by atoms with Gasteiger partial charge in [-0.1, -0.05) is 13.3 Å². The summed E-state index contributed by atoms with van der Waals surface area (Å²) in [5.41, 5.74) is 2.17. The van der Waals surface area contributed by atoms with Crippen molar-refractivity contribution in [3.63, 3.8) is 0 Å². The van der Waals surface area contributed by atoms with Gasteiger partial charge in [-0.2, -0.15) is 0 Å². The zero-order valence-electron chi connectivity index (χ0n) is 7.77. The second-order valence-electron chi connectivity index (χ2n) is 3.16. The molecule has 2 rings (SSSR count). The molecule has 3 nitrogen and oxygen atoms in total. The van der Waals surface area contributed by atoms with E-state index in [4.69, 9.17) is 0 Å². The summed E-state index contributed by atoms with van der Waals surface area (Å²) >= 11 is 0. The zero-order valence-corrected chi connectivity index (χ0v) is 7.77. The van der Waals surface area contributed by atoms with Crippen LogP contribution >= 0.6 is 0 Å².